The molecule has 0 aliphatic heterocycles. The van der Waals surface area contributed by atoms with Crippen LogP contribution in [0.5, 0.6) is 0 Å². The fourth-order valence-electron chi connectivity index (χ4n) is 2.58. The molecule has 1 aromatic rings. The summed E-state index contributed by atoms with van der Waals surface area (Å²) in [5.41, 5.74) is 1.18. The van der Waals surface area contributed by atoms with E-state index < -0.39 is 0 Å². The van der Waals surface area contributed by atoms with E-state index in [9.17, 15) is 9.50 Å². The fraction of sp³-hybridized carbons (Fsp3) is 0.500. The topological polar surface area (TPSA) is 56.0 Å². The van der Waals surface area contributed by atoms with E-state index in [1.54, 1.807) is 0 Å². The molecule has 0 radical (unpaired) electrons. The predicted octanol–water partition coefficient (Wildman–Crippen LogP) is 1.95. The average Bonchev–Trinajstić information content (AvgIpc) is 2.84. The van der Waals surface area contributed by atoms with E-state index in [1.807, 2.05) is 0 Å². The normalized spacial score (nSPS) is 22.9. The molecule has 2 rings (SSSR count). The van der Waals surface area contributed by atoms with Crippen molar-refractivity contribution in [2.75, 3.05) is 6.61 Å². The third-order valence-electron chi connectivity index (χ3n) is 3.64. The van der Waals surface area contributed by atoms with Crippen molar-refractivity contribution in [3.63, 3.8) is 0 Å². The van der Waals surface area contributed by atoms with Gasteiger partial charge in [-0.25, -0.2) is 4.39 Å². The smallest absolute Gasteiger partial charge is 0.123 e. The number of benzene rings is 1. The minimum Gasteiger partial charge on any atom is -0.396 e. The van der Waals surface area contributed by atoms with E-state index in [2.05, 4.69) is 11.4 Å². The number of hydrogen-bond donors (Lipinski definition) is 2. The fourth-order valence-corrected chi connectivity index (χ4v) is 2.58. The van der Waals surface area contributed by atoms with Crippen LogP contribution in [0.15, 0.2) is 18.2 Å². The number of hydrogen-bond acceptors (Lipinski definition) is 3. The Kier molecular flexibility index (Phi) is 4.29. The molecule has 0 amide bonds. The average molecular weight is 248 g/mol. The van der Waals surface area contributed by atoms with E-state index in [1.165, 1.54) is 18.2 Å². The molecule has 2 N–H and O–H groups in total. The summed E-state index contributed by atoms with van der Waals surface area (Å²) in [5, 5.41) is 21.5. The van der Waals surface area contributed by atoms with Crippen LogP contribution in [0.4, 0.5) is 4.39 Å². The second-order valence-electron chi connectivity index (χ2n) is 4.77. The molecule has 96 valence electrons. The van der Waals surface area contributed by atoms with E-state index >= 15 is 0 Å². The van der Waals surface area contributed by atoms with Gasteiger partial charge in [0.1, 0.15) is 5.82 Å². The molecule has 1 aromatic carbocycles. The molecule has 1 saturated carbocycles. The Morgan fingerprint density at radius 2 is 2.28 bits per heavy atom. The lowest BCUT2D eigenvalue weighted by Gasteiger charge is -2.19. The van der Waals surface area contributed by atoms with Crippen LogP contribution < -0.4 is 5.32 Å². The molecule has 1 aliphatic carbocycles. The van der Waals surface area contributed by atoms with E-state index in [4.69, 9.17) is 5.26 Å². The van der Waals surface area contributed by atoms with Gasteiger partial charge < -0.3 is 10.4 Å². The second kappa shape index (κ2) is 5.94. The minimum atomic E-state index is -0.323. The maximum atomic E-state index is 13.1. The first-order valence-electron chi connectivity index (χ1n) is 6.27. The van der Waals surface area contributed by atoms with Crippen molar-refractivity contribution in [1.29, 1.82) is 5.26 Å². The molecule has 0 heterocycles. The Hall–Kier alpha value is -1.44. The molecule has 4 heteroatoms. The molecule has 1 fully saturated rings. The van der Waals surface area contributed by atoms with Crippen molar-refractivity contribution in [1.82, 2.24) is 5.32 Å². The Labute approximate surface area is 106 Å². The third kappa shape index (κ3) is 2.87. The van der Waals surface area contributed by atoms with Crippen molar-refractivity contribution >= 4 is 0 Å². The van der Waals surface area contributed by atoms with E-state index in [0.717, 1.165) is 19.3 Å². The standard InChI is InChI=1S/C14H17FN2O/c15-13-5-4-10(7-16)12(6-13)8-17-14-3-1-2-11(14)9-18/h4-6,11,14,17-18H,1-3,8-9H2. The van der Waals surface area contributed by atoms with Crippen LogP contribution in [0.3, 0.4) is 0 Å². The summed E-state index contributed by atoms with van der Waals surface area (Å²) in [6, 6.07) is 6.54. The molecule has 0 saturated heterocycles. The molecule has 1 aliphatic rings. The molecular weight excluding hydrogens is 231 g/mol. The van der Waals surface area contributed by atoms with Gasteiger partial charge in [-0.3, -0.25) is 0 Å². The number of rotatable bonds is 4. The van der Waals surface area contributed by atoms with Crippen LogP contribution in [0.1, 0.15) is 30.4 Å². The summed E-state index contributed by atoms with van der Waals surface area (Å²) in [6.45, 7) is 0.660. The first-order valence-corrected chi connectivity index (χ1v) is 6.27. The van der Waals surface area contributed by atoms with Crippen molar-refractivity contribution in [2.24, 2.45) is 5.92 Å². The summed E-state index contributed by atoms with van der Waals surface area (Å²) in [7, 11) is 0. The molecule has 0 spiro atoms. The van der Waals surface area contributed by atoms with Crippen LogP contribution in [-0.2, 0) is 6.54 Å². The highest BCUT2D eigenvalue weighted by Crippen LogP contribution is 2.25. The zero-order valence-electron chi connectivity index (χ0n) is 10.2. The highest BCUT2D eigenvalue weighted by atomic mass is 19.1. The van der Waals surface area contributed by atoms with Crippen LogP contribution in [0, 0.1) is 23.1 Å². The van der Waals surface area contributed by atoms with Crippen molar-refractivity contribution in [2.45, 2.75) is 31.8 Å². The Morgan fingerprint density at radius 3 is 3.00 bits per heavy atom. The minimum absolute atomic E-state index is 0.186. The van der Waals surface area contributed by atoms with Gasteiger partial charge in [-0.15, -0.1) is 0 Å². The van der Waals surface area contributed by atoms with Gasteiger partial charge in [-0.05, 0) is 42.5 Å². The monoisotopic (exact) mass is 248 g/mol. The predicted molar refractivity (Wildman–Crippen MR) is 66.2 cm³/mol. The highest BCUT2D eigenvalue weighted by molar-refractivity contribution is 5.37. The lowest BCUT2D eigenvalue weighted by molar-refractivity contribution is 0.205. The lowest BCUT2D eigenvalue weighted by Crippen LogP contribution is -2.33. The van der Waals surface area contributed by atoms with Gasteiger partial charge in [0.05, 0.1) is 11.6 Å². The van der Waals surface area contributed by atoms with Crippen molar-refractivity contribution < 1.29 is 9.50 Å². The molecule has 18 heavy (non-hydrogen) atoms. The lowest BCUT2D eigenvalue weighted by atomic mass is 10.0. The number of halogens is 1. The summed E-state index contributed by atoms with van der Waals surface area (Å²) < 4.78 is 13.1. The quantitative estimate of drug-likeness (QED) is 0.856. The molecule has 3 nitrogen and oxygen atoms in total. The SMILES string of the molecule is N#Cc1ccc(F)cc1CNC1CCCC1CO. The maximum absolute atomic E-state index is 13.1. The van der Waals surface area contributed by atoms with Gasteiger partial charge >= 0.3 is 0 Å². The first kappa shape index (κ1) is 13.0. The molecule has 2 atom stereocenters. The Balaban J connectivity index is 2.02. The Bertz CT molecular complexity index is 456. The van der Waals surface area contributed by atoms with Gasteiger partial charge in [-0.2, -0.15) is 5.26 Å². The first-order chi connectivity index (χ1) is 8.74. The van der Waals surface area contributed by atoms with Crippen LogP contribution >= 0.6 is 0 Å². The van der Waals surface area contributed by atoms with Crippen LogP contribution in [0.25, 0.3) is 0 Å². The Morgan fingerprint density at radius 1 is 1.44 bits per heavy atom. The van der Waals surface area contributed by atoms with Gasteiger partial charge in [-0.1, -0.05) is 6.42 Å². The van der Waals surface area contributed by atoms with Gasteiger partial charge in [0.2, 0.25) is 0 Å². The van der Waals surface area contributed by atoms with Gasteiger partial charge in [0.15, 0.2) is 0 Å². The number of aliphatic hydroxyl groups excluding tert-OH is 1. The van der Waals surface area contributed by atoms with Crippen LogP contribution in [-0.4, -0.2) is 17.8 Å². The maximum Gasteiger partial charge on any atom is 0.123 e. The molecule has 2 unspecified atom stereocenters. The van der Waals surface area contributed by atoms with Crippen molar-refractivity contribution in [3.8, 4) is 6.07 Å². The van der Waals surface area contributed by atoms with Gasteiger partial charge in [0, 0.05) is 19.2 Å². The largest absolute Gasteiger partial charge is 0.396 e. The molecule has 0 bridgehead atoms. The van der Waals surface area contributed by atoms with Gasteiger partial charge in [0.25, 0.3) is 0 Å². The molecular formula is C14H17FN2O. The number of nitrogens with one attached hydrogen (secondary N) is 1. The zero-order valence-corrected chi connectivity index (χ0v) is 10.2. The number of nitriles is 1. The summed E-state index contributed by atoms with van der Waals surface area (Å²) >= 11 is 0. The van der Waals surface area contributed by atoms with E-state index in [-0.39, 0.29) is 24.4 Å². The van der Waals surface area contributed by atoms with Crippen LogP contribution in [0.2, 0.25) is 0 Å². The second-order valence-corrected chi connectivity index (χ2v) is 4.77. The third-order valence-corrected chi connectivity index (χ3v) is 3.64. The summed E-state index contributed by atoms with van der Waals surface area (Å²) in [5.74, 6) is -0.0416. The summed E-state index contributed by atoms with van der Waals surface area (Å²) in [4.78, 5) is 0. The number of aliphatic hydroxyl groups is 1. The number of nitrogens with zero attached hydrogens (tertiary/aromatic N) is 1. The summed E-state index contributed by atoms with van der Waals surface area (Å²) in [6.07, 6.45) is 3.17. The van der Waals surface area contributed by atoms with Crippen molar-refractivity contribution in [3.05, 3.63) is 35.1 Å². The van der Waals surface area contributed by atoms with E-state index in [0.29, 0.717) is 17.7 Å². The highest BCUT2D eigenvalue weighted by Gasteiger charge is 2.26. The zero-order chi connectivity index (χ0) is 13.0. The molecule has 0 aromatic heterocycles.